The summed E-state index contributed by atoms with van der Waals surface area (Å²) in [4.78, 5) is 14.5. The van der Waals surface area contributed by atoms with Crippen molar-refractivity contribution in [1.82, 2.24) is 14.7 Å². The average molecular weight is 327 g/mol. The van der Waals surface area contributed by atoms with Gasteiger partial charge in [-0.1, -0.05) is 30.3 Å². The van der Waals surface area contributed by atoms with Crippen molar-refractivity contribution in [2.45, 2.75) is 31.8 Å². The van der Waals surface area contributed by atoms with Gasteiger partial charge in [0, 0.05) is 26.3 Å². The van der Waals surface area contributed by atoms with Crippen LogP contribution in [0.2, 0.25) is 0 Å². The molecule has 0 bridgehead atoms. The molecule has 24 heavy (non-hydrogen) atoms. The summed E-state index contributed by atoms with van der Waals surface area (Å²) >= 11 is 0. The Kier molecular flexibility index (Phi) is 4.71. The van der Waals surface area contributed by atoms with Crippen molar-refractivity contribution in [3.63, 3.8) is 0 Å². The molecule has 5 nitrogen and oxygen atoms in total. The summed E-state index contributed by atoms with van der Waals surface area (Å²) in [6, 6.07) is 9.40. The second-order valence-corrected chi connectivity index (χ2v) is 7.04. The van der Waals surface area contributed by atoms with Crippen molar-refractivity contribution >= 4 is 5.91 Å². The molecule has 1 N–H and O–H groups in total. The van der Waals surface area contributed by atoms with Gasteiger partial charge >= 0.3 is 0 Å². The Morgan fingerprint density at radius 3 is 2.79 bits per heavy atom. The van der Waals surface area contributed by atoms with Crippen LogP contribution in [0.25, 0.3) is 0 Å². The molecule has 2 aromatic rings. The molecule has 128 valence electrons. The number of hydrogen-bond acceptors (Lipinski definition) is 3. The Labute approximate surface area is 142 Å². The Bertz CT molecular complexity index is 694. The predicted octanol–water partition coefficient (Wildman–Crippen LogP) is 2.11. The average Bonchev–Trinajstić information content (AvgIpc) is 3.17. The van der Waals surface area contributed by atoms with Gasteiger partial charge in [-0.3, -0.25) is 9.48 Å². The van der Waals surface area contributed by atoms with Crippen LogP contribution in [0.1, 0.15) is 30.9 Å². The third-order valence-corrected chi connectivity index (χ3v) is 4.81. The van der Waals surface area contributed by atoms with Gasteiger partial charge in [-0.2, -0.15) is 5.10 Å². The van der Waals surface area contributed by atoms with E-state index >= 15 is 0 Å². The van der Waals surface area contributed by atoms with Gasteiger partial charge < -0.3 is 10.0 Å². The largest absolute Gasteiger partial charge is 0.385 e. The number of nitrogens with zero attached hydrogens (tertiary/aromatic N) is 3. The molecule has 5 heteroatoms. The Hall–Kier alpha value is -2.14. The van der Waals surface area contributed by atoms with E-state index in [2.05, 4.69) is 5.10 Å². The van der Waals surface area contributed by atoms with Gasteiger partial charge in [-0.25, -0.2) is 0 Å². The zero-order chi connectivity index (χ0) is 17.2. The second-order valence-electron chi connectivity index (χ2n) is 7.04. The zero-order valence-electron chi connectivity index (χ0n) is 14.4. The van der Waals surface area contributed by atoms with Gasteiger partial charge in [-0.15, -0.1) is 0 Å². The number of hydrogen-bond donors (Lipinski definition) is 1. The first-order chi connectivity index (χ1) is 11.4. The lowest BCUT2D eigenvalue weighted by molar-refractivity contribution is -0.135. The van der Waals surface area contributed by atoms with Crippen LogP contribution >= 0.6 is 0 Å². The molecule has 1 fully saturated rings. The minimum atomic E-state index is -1.13. The quantitative estimate of drug-likeness (QED) is 0.915. The van der Waals surface area contributed by atoms with Gasteiger partial charge in [0.05, 0.1) is 18.2 Å². The summed E-state index contributed by atoms with van der Waals surface area (Å²) in [6.45, 7) is 3.25. The Morgan fingerprint density at radius 2 is 2.12 bits per heavy atom. The van der Waals surface area contributed by atoms with E-state index in [0.29, 0.717) is 5.92 Å². The first kappa shape index (κ1) is 16.7. The monoisotopic (exact) mass is 327 g/mol. The number of benzene rings is 1. The number of aromatic nitrogens is 2. The molecule has 1 aromatic heterocycles. The smallest absolute Gasteiger partial charge is 0.225 e. The highest BCUT2D eigenvalue weighted by atomic mass is 16.3. The molecular weight excluding hydrogens is 302 g/mol. The number of aryl methyl sites for hydroxylation is 1. The number of carbonyl (C=O) groups is 1. The molecule has 3 rings (SSSR count). The topological polar surface area (TPSA) is 58.4 Å². The van der Waals surface area contributed by atoms with E-state index in [1.54, 1.807) is 6.92 Å². The van der Waals surface area contributed by atoms with E-state index in [-0.39, 0.29) is 12.3 Å². The maximum atomic E-state index is 12.6. The maximum Gasteiger partial charge on any atom is 0.225 e. The molecular formula is C19H25N3O2. The van der Waals surface area contributed by atoms with E-state index in [4.69, 9.17) is 0 Å². The van der Waals surface area contributed by atoms with E-state index < -0.39 is 5.60 Å². The molecule has 1 saturated heterocycles. The predicted molar refractivity (Wildman–Crippen MR) is 92.2 cm³/mol. The summed E-state index contributed by atoms with van der Waals surface area (Å²) in [5.41, 5.74) is 0.873. The molecule has 1 aliphatic rings. The van der Waals surface area contributed by atoms with Crippen molar-refractivity contribution in [2.24, 2.45) is 13.0 Å². The third-order valence-electron chi connectivity index (χ3n) is 4.81. The Balaban J connectivity index is 1.56. The number of likely N-dealkylation sites (tertiary alicyclic amines) is 1. The van der Waals surface area contributed by atoms with Crippen LogP contribution in [0.5, 0.6) is 0 Å². The van der Waals surface area contributed by atoms with Crippen molar-refractivity contribution < 1.29 is 9.90 Å². The molecule has 0 radical (unpaired) electrons. The molecule has 1 amide bonds. The molecule has 1 aliphatic heterocycles. The van der Waals surface area contributed by atoms with Crippen molar-refractivity contribution in [2.75, 3.05) is 13.1 Å². The summed E-state index contributed by atoms with van der Waals surface area (Å²) < 4.78 is 1.81. The van der Waals surface area contributed by atoms with E-state index in [1.807, 2.05) is 59.4 Å². The first-order valence-corrected chi connectivity index (χ1v) is 8.47. The number of rotatable bonds is 5. The maximum absolute atomic E-state index is 12.6. The minimum Gasteiger partial charge on any atom is -0.385 e. The lowest BCUT2D eigenvalue weighted by Gasteiger charge is -2.26. The fraction of sp³-hybridized carbons (Fsp3) is 0.474. The fourth-order valence-corrected chi connectivity index (χ4v) is 3.44. The van der Waals surface area contributed by atoms with Crippen LogP contribution in [0.3, 0.4) is 0 Å². The summed E-state index contributed by atoms with van der Waals surface area (Å²) in [5, 5.41) is 14.9. The summed E-state index contributed by atoms with van der Waals surface area (Å²) in [5.74, 6) is 0.498. The Morgan fingerprint density at radius 1 is 1.38 bits per heavy atom. The highest BCUT2D eigenvalue weighted by Gasteiger charge is 2.32. The van der Waals surface area contributed by atoms with Gasteiger partial charge in [0.25, 0.3) is 0 Å². The fourth-order valence-electron chi connectivity index (χ4n) is 3.44. The van der Waals surface area contributed by atoms with E-state index in [1.165, 1.54) is 5.56 Å². The van der Waals surface area contributed by atoms with Gasteiger partial charge in [0.1, 0.15) is 0 Å². The molecule has 2 heterocycles. The van der Waals surface area contributed by atoms with E-state index in [0.717, 1.165) is 31.5 Å². The van der Waals surface area contributed by atoms with Crippen LogP contribution in [-0.4, -0.2) is 38.8 Å². The molecule has 0 saturated carbocycles. The standard InChI is InChI=1S/C19H25N3O2/c1-19(24,17-6-4-3-5-7-17)11-18(23)22-9-8-15(14-22)10-16-12-20-21(2)13-16/h3-7,12-13,15,24H,8-11,14H2,1-2H3. The zero-order valence-corrected chi connectivity index (χ0v) is 14.4. The SMILES string of the molecule is Cn1cc(CC2CCN(C(=O)CC(C)(O)c3ccccc3)C2)cn1. The van der Waals surface area contributed by atoms with Crippen LogP contribution in [-0.2, 0) is 23.9 Å². The number of aliphatic hydroxyl groups is 1. The lowest BCUT2D eigenvalue weighted by atomic mass is 9.92. The molecule has 2 atom stereocenters. The minimum absolute atomic E-state index is 0.0255. The number of carbonyl (C=O) groups excluding carboxylic acids is 1. The van der Waals surface area contributed by atoms with Crippen molar-refractivity contribution in [3.05, 3.63) is 53.9 Å². The van der Waals surface area contributed by atoms with Gasteiger partial charge in [0.2, 0.25) is 5.91 Å². The summed E-state index contributed by atoms with van der Waals surface area (Å²) in [7, 11) is 1.92. The normalized spacial score (nSPS) is 20.1. The third kappa shape index (κ3) is 3.85. The molecule has 1 aromatic carbocycles. The molecule has 0 spiro atoms. The highest BCUT2D eigenvalue weighted by Crippen LogP contribution is 2.27. The van der Waals surface area contributed by atoms with Crippen molar-refractivity contribution in [3.8, 4) is 0 Å². The molecule has 2 unspecified atom stereocenters. The van der Waals surface area contributed by atoms with Crippen molar-refractivity contribution in [1.29, 1.82) is 0 Å². The molecule has 0 aliphatic carbocycles. The van der Waals surface area contributed by atoms with E-state index in [9.17, 15) is 9.90 Å². The second kappa shape index (κ2) is 6.77. The summed E-state index contributed by atoms with van der Waals surface area (Å²) in [6.07, 6.45) is 6.01. The first-order valence-electron chi connectivity index (χ1n) is 8.47. The van der Waals surface area contributed by atoms with Gasteiger partial charge in [0.15, 0.2) is 0 Å². The van der Waals surface area contributed by atoms with Crippen LogP contribution in [0.15, 0.2) is 42.7 Å². The number of amides is 1. The highest BCUT2D eigenvalue weighted by molar-refractivity contribution is 5.77. The van der Waals surface area contributed by atoms with Crippen LogP contribution in [0, 0.1) is 5.92 Å². The van der Waals surface area contributed by atoms with Gasteiger partial charge in [-0.05, 0) is 36.8 Å². The lowest BCUT2D eigenvalue weighted by Crippen LogP contribution is -2.35. The van der Waals surface area contributed by atoms with Crippen LogP contribution in [0.4, 0.5) is 0 Å². The van der Waals surface area contributed by atoms with Crippen LogP contribution < -0.4 is 0 Å².